The molecule has 8 N–H and O–H groups in total. The van der Waals surface area contributed by atoms with Crippen LogP contribution in [0.1, 0.15) is 61.1 Å². The van der Waals surface area contributed by atoms with E-state index >= 15 is 0 Å². The van der Waals surface area contributed by atoms with Crippen LogP contribution in [0.5, 0.6) is 46.0 Å². The highest BCUT2D eigenvalue weighted by Gasteiger charge is 2.43. The molecule has 6 aromatic rings. The molecule has 51 heavy (non-hydrogen) atoms. The van der Waals surface area contributed by atoms with E-state index in [9.17, 15) is 40.9 Å². The summed E-state index contributed by atoms with van der Waals surface area (Å²) in [5, 5.41) is 89.9. The highest BCUT2D eigenvalue weighted by Crippen LogP contribution is 2.64. The number of hydrogen-bond acceptors (Lipinski definition) is 9. The van der Waals surface area contributed by atoms with Gasteiger partial charge in [-0.3, -0.25) is 4.90 Å². The molecule has 9 nitrogen and oxygen atoms in total. The Morgan fingerprint density at radius 2 is 0.902 bits per heavy atom. The lowest BCUT2D eigenvalue weighted by atomic mass is 9.79. The Labute approximate surface area is 293 Å². The number of benzene rings is 6. The number of aromatic hydroxyl groups is 8. The molecule has 9 heteroatoms. The first-order chi connectivity index (χ1) is 24.0. The fourth-order valence-corrected chi connectivity index (χ4v) is 8.32. The van der Waals surface area contributed by atoms with Crippen molar-refractivity contribution >= 4 is 27.8 Å². The van der Waals surface area contributed by atoms with Gasteiger partial charge in [0.25, 0.3) is 0 Å². The molecule has 0 spiro atoms. The summed E-state index contributed by atoms with van der Waals surface area (Å²) in [7, 11) is 0. The molecule has 0 heterocycles. The molecule has 6 aromatic carbocycles. The second-order valence-corrected chi connectivity index (χ2v) is 14.7. The van der Waals surface area contributed by atoms with Crippen LogP contribution >= 0.6 is 0 Å². The van der Waals surface area contributed by atoms with Gasteiger partial charge in [0.1, 0.15) is 17.1 Å². The van der Waals surface area contributed by atoms with Gasteiger partial charge in [-0.05, 0) is 87.5 Å². The van der Waals surface area contributed by atoms with E-state index in [4.69, 9.17) is 0 Å². The largest absolute Gasteiger partial charge is 0.505 e. The van der Waals surface area contributed by atoms with Crippen LogP contribution in [0.15, 0.2) is 66.7 Å². The number of nitrogens with zero attached hydrogens (tertiary/aromatic N) is 1. The smallest absolute Gasteiger partial charge is 0.208 e. The zero-order chi connectivity index (χ0) is 36.6. The minimum Gasteiger partial charge on any atom is -0.505 e. The number of fused-ring (bicyclic) bond motifs is 8. The Balaban J connectivity index is 1.51. The average Bonchev–Trinajstić information content (AvgIpc) is 3.48. The summed E-state index contributed by atoms with van der Waals surface area (Å²) in [6.45, 7) is 11.7. The van der Waals surface area contributed by atoms with Crippen molar-refractivity contribution in [2.45, 2.75) is 52.4 Å². The predicted octanol–water partition coefficient (Wildman–Crippen LogP) is 9.18. The van der Waals surface area contributed by atoms with Crippen LogP contribution in [0.4, 0.5) is 17.1 Å². The fraction of sp³-hybridized carbons (Fsp3) is 0.190. The average molecular weight is 684 g/mol. The summed E-state index contributed by atoms with van der Waals surface area (Å²) in [6, 6.07) is 22.2. The highest BCUT2D eigenvalue weighted by atomic mass is 16.4. The normalized spacial score (nSPS) is 14.6. The van der Waals surface area contributed by atoms with Crippen LogP contribution in [-0.2, 0) is 10.8 Å². The number of anilines is 3. The van der Waals surface area contributed by atoms with Crippen molar-refractivity contribution in [1.82, 2.24) is 0 Å². The van der Waals surface area contributed by atoms with Crippen molar-refractivity contribution in [1.29, 1.82) is 0 Å². The maximum absolute atomic E-state index is 11.6. The quantitative estimate of drug-likeness (QED) is 0.0671. The Hall–Kier alpha value is -6.22. The number of rotatable bonds is 3. The molecular formula is C42H37NO8. The van der Waals surface area contributed by atoms with Gasteiger partial charge in [0, 0.05) is 21.8 Å². The van der Waals surface area contributed by atoms with Crippen molar-refractivity contribution in [2.24, 2.45) is 0 Å². The first kappa shape index (κ1) is 32.0. The first-order valence-corrected chi connectivity index (χ1v) is 16.6. The fourth-order valence-electron chi connectivity index (χ4n) is 8.32. The third-order valence-electron chi connectivity index (χ3n) is 11.3. The van der Waals surface area contributed by atoms with Gasteiger partial charge in [-0.1, -0.05) is 76.2 Å². The lowest BCUT2D eigenvalue weighted by molar-refractivity contribution is 0.329. The monoisotopic (exact) mass is 683 g/mol. The molecule has 0 aliphatic heterocycles. The Kier molecular flexibility index (Phi) is 6.38. The highest BCUT2D eigenvalue weighted by molar-refractivity contribution is 6.12. The third-order valence-corrected chi connectivity index (χ3v) is 11.3. The van der Waals surface area contributed by atoms with Gasteiger partial charge in [0.15, 0.2) is 23.0 Å². The van der Waals surface area contributed by atoms with Gasteiger partial charge in [-0.15, -0.1) is 0 Å². The van der Waals surface area contributed by atoms with E-state index < -0.39 is 62.8 Å². The molecule has 2 aliphatic rings. The van der Waals surface area contributed by atoms with E-state index in [0.717, 1.165) is 38.1 Å². The standard InChI is InChI=1S/C42H37NO8/c1-18-19(2)34(45)35(46)31(33(18)44)43(32-36(47)38(49)40(51)39(50)37(32)48)29-17-28-30(22-13-8-7-12-21(22)29)24-16-26-23(15-27(24)42(28,5)6)20-11-9-10-14-25(20)41(26,3)4/h7-17,44-51H,1-6H3. The van der Waals surface area contributed by atoms with Crippen molar-refractivity contribution in [3.05, 3.63) is 100 Å². The van der Waals surface area contributed by atoms with Crippen molar-refractivity contribution in [3.8, 4) is 68.2 Å². The molecule has 0 atom stereocenters. The van der Waals surface area contributed by atoms with Gasteiger partial charge in [0.05, 0.1) is 5.69 Å². The lowest BCUT2D eigenvalue weighted by Gasteiger charge is -2.32. The molecule has 0 amide bonds. The minimum atomic E-state index is -1.17. The summed E-state index contributed by atoms with van der Waals surface area (Å²) in [5.74, 6) is -7.41. The van der Waals surface area contributed by atoms with Gasteiger partial charge in [-0.25, -0.2) is 0 Å². The maximum Gasteiger partial charge on any atom is 0.208 e. The van der Waals surface area contributed by atoms with E-state index in [1.807, 2.05) is 24.3 Å². The maximum atomic E-state index is 11.6. The molecular weight excluding hydrogens is 646 g/mol. The molecule has 0 radical (unpaired) electrons. The van der Waals surface area contributed by atoms with E-state index in [-0.39, 0.29) is 22.2 Å². The van der Waals surface area contributed by atoms with Crippen LogP contribution in [0, 0.1) is 13.8 Å². The molecule has 2 aliphatic carbocycles. The Bertz CT molecular complexity index is 2420. The molecule has 0 unspecified atom stereocenters. The predicted molar refractivity (Wildman–Crippen MR) is 197 cm³/mol. The molecule has 8 rings (SSSR count). The number of phenolic OH excluding ortho intramolecular Hbond substituents is 8. The van der Waals surface area contributed by atoms with E-state index in [0.29, 0.717) is 5.39 Å². The first-order valence-electron chi connectivity index (χ1n) is 16.6. The van der Waals surface area contributed by atoms with Crippen LogP contribution < -0.4 is 4.90 Å². The molecule has 258 valence electrons. The zero-order valence-electron chi connectivity index (χ0n) is 28.9. The Morgan fingerprint density at radius 3 is 1.57 bits per heavy atom. The molecule has 0 saturated carbocycles. The second-order valence-electron chi connectivity index (χ2n) is 14.7. The van der Waals surface area contributed by atoms with Crippen LogP contribution in [0.2, 0.25) is 0 Å². The number of phenols is 8. The molecule has 0 saturated heterocycles. The summed E-state index contributed by atoms with van der Waals surface area (Å²) in [6.07, 6.45) is 0. The second kappa shape index (κ2) is 10.2. The molecule has 0 aromatic heterocycles. The van der Waals surface area contributed by atoms with Crippen molar-refractivity contribution in [2.75, 3.05) is 4.90 Å². The zero-order valence-corrected chi connectivity index (χ0v) is 28.9. The number of hydrogen-bond donors (Lipinski definition) is 8. The van der Waals surface area contributed by atoms with Crippen molar-refractivity contribution < 1.29 is 40.9 Å². The van der Waals surface area contributed by atoms with Crippen LogP contribution in [0.3, 0.4) is 0 Å². The topological polar surface area (TPSA) is 165 Å². The van der Waals surface area contributed by atoms with Gasteiger partial charge < -0.3 is 40.9 Å². The van der Waals surface area contributed by atoms with E-state index in [1.165, 1.54) is 30.5 Å². The van der Waals surface area contributed by atoms with Gasteiger partial charge in [-0.2, -0.15) is 0 Å². The Morgan fingerprint density at radius 1 is 0.431 bits per heavy atom. The van der Waals surface area contributed by atoms with Gasteiger partial charge in [0.2, 0.25) is 17.2 Å². The SMILES string of the molecule is Cc1c(C)c(O)c(N(c2c(O)c(O)c(O)c(O)c2O)c2cc3c(c4ccccc24)-c2cc4c(cc2C3(C)C)-c2ccccc2C4(C)C)c(O)c1O. The van der Waals surface area contributed by atoms with Gasteiger partial charge >= 0.3 is 0 Å². The summed E-state index contributed by atoms with van der Waals surface area (Å²) < 4.78 is 0. The summed E-state index contributed by atoms with van der Waals surface area (Å²) in [4.78, 5) is 1.08. The van der Waals surface area contributed by atoms with E-state index in [2.05, 4.69) is 58.0 Å². The van der Waals surface area contributed by atoms with Crippen LogP contribution in [0.25, 0.3) is 33.0 Å². The molecule has 0 bridgehead atoms. The minimum absolute atomic E-state index is 0.187. The van der Waals surface area contributed by atoms with Crippen LogP contribution in [-0.4, -0.2) is 40.9 Å². The van der Waals surface area contributed by atoms with E-state index in [1.54, 1.807) is 12.1 Å². The third kappa shape index (κ3) is 3.91. The summed E-state index contributed by atoms with van der Waals surface area (Å²) in [5.41, 5.74) is 7.35. The molecule has 0 fully saturated rings. The lowest BCUT2D eigenvalue weighted by Crippen LogP contribution is -2.18. The summed E-state index contributed by atoms with van der Waals surface area (Å²) >= 11 is 0. The van der Waals surface area contributed by atoms with Crippen molar-refractivity contribution in [3.63, 3.8) is 0 Å².